The number of carboxylic acid groups (broad SMARTS) is 1. The minimum atomic E-state index is -1.19. The van der Waals surface area contributed by atoms with E-state index in [0.29, 0.717) is 0 Å². The molecule has 0 unspecified atom stereocenters. The molecule has 0 heterocycles. The maximum atomic E-state index is 9.49. The van der Waals surface area contributed by atoms with Crippen molar-refractivity contribution in [1.29, 1.82) is 0 Å². The molecule has 0 atom stereocenters. The Morgan fingerprint density at radius 3 is 1.75 bits per heavy atom. The molecule has 0 aromatic rings. The molecule has 3 nitrogen and oxygen atoms in total. The fourth-order valence-corrected chi connectivity index (χ4v) is 0. The number of carbonyl (C=O) groups excluding carboxylic acids is 1. The van der Waals surface area contributed by atoms with E-state index in [0.717, 1.165) is 13.0 Å². The molecule has 0 rings (SSSR count). The minimum Gasteiger partial charge on any atom is -0.566 e. The largest absolute Gasteiger partial charge is 1.00 e. The van der Waals surface area contributed by atoms with Crippen LogP contribution in [0.3, 0.4) is 0 Å². The molecule has 60 valence electrons. The number of aliphatic carboxylic acids is 1. The summed E-state index contributed by atoms with van der Waals surface area (Å²) in [6.07, 6.45) is 0.750. The molecule has 0 amide bonds. The number of hydrogen-bond donors (Lipinski definition) is 1. The smallest absolute Gasteiger partial charge is 0.566 e. The minimum absolute atomic E-state index is 0. The fourth-order valence-electron chi connectivity index (χ4n) is 0. The van der Waals surface area contributed by atoms with Gasteiger partial charge in [0, 0.05) is 0 Å². The summed E-state index contributed by atoms with van der Waals surface area (Å²) in [5.74, 6) is -1.19. The summed E-state index contributed by atoms with van der Waals surface area (Å²) >= 11 is 0. The molecule has 1 N–H and O–H groups in total. The zero-order chi connectivity index (χ0) is 8.57. The first-order valence-corrected chi connectivity index (χ1v) is 2.89. The van der Waals surface area contributed by atoms with E-state index in [4.69, 9.17) is 5.11 Å². The third kappa shape index (κ3) is 30.3. The predicted molar refractivity (Wildman–Crippen MR) is 36.3 cm³/mol. The van der Waals surface area contributed by atoms with Gasteiger partial charge in [-0.15, -0.1) is 0 Å². The Kier molecular flexibility index (Phi) is 34.9. The fraction of sp³-hybridized carbons (Fsp3) is 0.429. The molecule has 0 spiro atoms. The second-order valence-electron chi connectivity index (χ2n) is 1.66. The molecule has 0 fully saturated rings. The quantitative estimate of drug-likeness (QED) is 0.268. The van der Waals surface area contributed by atoms with Crippen LogP contribution in [0.2, 0.25) is 0 Å². The molecule has 12 heavy (non-hydrogen) atoms. The monoisotopic (exact) mass is 190 g/mol. The van der Waals surface area contributed by atoms with Gasteiger partial charge in [0.1, 0.15) is 0 Å². The van der Waals surface area contributed by atoms with Crippen molar-refractivity contribution in [2.24, 2.45) is 0 Å². The van der Waals surface area contributed by atoms with Crippen molar-refractivity contribution in [3.63, 3.8) is 0 Å². The van der Waals surface area contributed by atoms with Gasteiger partial charge in [-0.1, -0.05) is 13.5 Å². The van der Waals surface area contributed by atoms with Crippen molar-refractivity contribution in [2.75, 3.05) is 0 Å². The number of carboxylic acids is 1. The SMILES string of the molecule is C=C(C)C(=O)[O-].CC[CH-]O.[Na+].[Na+]. The van der Waals surface area contributed by atoms with Gasteiger partial charge >= 0.3 is 59.1 Å². The van der Waals surface area contributed by atoms with Crippen LogP contribution < -0.4 is 64.2 Å². The Labute approximate surface area is 118 Å². The van der Waals surface area contributed by atoms with Gasteiger partial charge in [-0.25, -0.2) is 6.61 Å². The van der Waals surface area contributed by atoms with Crippen LogP contribution in [0.4, 0.5) is 0 Å². The van der Waals surface area contributed by atoms with Gasteiger partial charge in [-0.2, -0.15) is 6.42 Å². The molecule has 0 aromatic heterocycles. The second-order valence-corrected chi connectivity index (χ2v) is 1.66. The molecule has 0 aromatic carbocycles. The number of hydrogen-bond acceptors (Lipinski definition) is 3. The maximum Gasteiger partial charge on any atom is 1.00 e. The summed E-state index contributed by atoms with van der Waals surface area (Å²) in [4.78, 5) is 9.49. The van der Waals surface area contributed by atoms with E-state index < -0.39 is 5.97 Å². The zero-order valence-corrected chi connectivity index (χ0v) is 12.3. The number of aliphatic hydroxyl groups excluding tert-OH is 1. The van der Waals surface area contributed by atoms with E-state index in [1.165, 1.54) is 6.92 Å². The van der Waals surface area contributed by atoms with Crippen LogP contribution in [0.25, 0.3) is 0 Å². The van der Waals surface area contributed by atoms with Gasteiger partial charge in [0.2, 0.25) is 0 Å². The van der Waals surface area contributed by atoms with Crippen LogP contribution in [-0.2, 0) is 4.79 Å². The molecule has 5 heteroatoms. The van der Waals surface area contributed by atoms with Gasteiger partial charge in [0.15, 0.2) is 0 Å². The first kappa shape index (κ1) is 23.2. The van der Waals surface area contributed by atoms with Crippen molar-refractivity contribution in [1.82, 2.24) is 0 Å². The Balaban J connectivity index is -0.0000000483. The Hall–Kier alpha value is 1.17. The molecular weight excluding hydrogens is 178 g/mol. The van der Waals surface area contributed by atoms with E-state index in [9.17, 15) is 9.90 Å². The first-order valence-electron chi connectivity index (χ1n) is 2.89. The van der Waals surface area contributed by atoms with Crippen LogP contribution >= 0.6 is 0 Å². The average Bonchev–Trinajstić information content (AvgIpc) is 1.89. The Morgan fingerprint density at radius 1 is 1.58 bits per heavy atom. The average molecular weight is 190 g/mol. The first-order chi connectivity index (χ1) is 4.56. The van der Waals surface area contributed by atoms with Crippen LogP contribution in [0.1, 0.15) is 20.3 Å². The van der Waals surface area contributed by atoms with E-state index in [-0.39, 0.29) is 64.7 Å². The van der Waals surface area contributed by atoms with Crippen molar-refractivity contribution >= 4 is 5.97 Å². The standard InChI is InChI=1S/C4H6O2.C3H7O.2Na/c1-3(2)4(5)6;1-2-3-4;;/h1H2,2H3,(H,5,6);3-4H,2H2,1H3;;/q;-1;2*+1/p-1. The molecule has 0 aliphatic rings. The molecular formula is C7H12Na2O3. The molecule has 0 saturated carbocycles. The third-order valence-electron chi connectivity index (χ3n) is 0.531. The van der Waals surface area contributed by atoms with Gasteiger partial charge in [0.05, 0.1) is 5.97 Å². The summed E-state index contributed by atoms with van der Waals surface area (Å²) in [5.41, 5.74) is 0.0648. The number of rotatable bonds is 2. The summed E-state index contributed by atoms with van der Waals surface area (Å²) in [6.45, 7) is 7.48. The van der Waals surface area contributed by atoms with Gasteiger partial charge in [0.25, 0.3) is 0 Å². The summed E-state index contributed by atoms with van der Waals surface area (Å²) in [5, 5.41) is 17.2. The molecule has 0 aliphatic heterocycles. The summed E-state index contributed by atoms with van der Waals surface area (Å²) in [6, 6.07) is 0. The van der Waals surface area contributed by atoms with Crippen LogP contribution in [0.5, 0.6) is 0 Å². The maximum absolute atomic E-state index is 9.49. The van der Waals surface area contributed by atoms with Gasteiger partial charge in [-0.05, 0) is 12.5 Å². The van der Waals surface area contributed by atoms with Gasteiger partial charge in [-0.3, -0.25) is 0 Å². The zero-order valence-electron chi connectivity index (χ0n) is 8.26. The second kappa shape index (κ2) is 18.1. The van der Waals surface area contributed by atoms with Crippen LogP contribution in [0.15, 0.2) is 12.2 Å². The molecule has 0 radical (unpaired) electrons. The van der Waals surface area contributed by atoms with Crippen molar-refractivity contribution in [3.05, 3.63) is 18.8 Å². The van der Waals surface area contributed by atoms with Crippen LogP contribution in [-0.4, -0.2) is 11.1 Å². The topological polar surface area (TPSA) is 60.4 Å². The Morgan fingerprint density at radius 2 is 1.75 bits per heavy atom. The van der Waals surface area contributed by atoms with Crippen molar-refractivity contribution in [2.45, 2.75) is 20.3 Å². The molecule has 0 saturated heterocycles. The normalized spacial score (nSPS) is 6.25. The summed E-state index contributed by atoms with van der Waals surface area (Å²) in [7, 11) is 0. The van der Waals surface area contributed by atoms with E-state index in [1.807, 2.05) is 6.92 Å². The Bertz CT molecular complexity index is 101. The van der Waals surface area contributed by atoms with E-state index in [2.05, 4.69) is 6.58 Å². The third-order valence-corrected chi connectivity index (χ3v) is 0.531. The van der Waals surface area contributed by atoms with E-state index >= 15 is 0 Å². The van der Waals surface area contributed by atoms with Crippen LogP contribution in [0, 0.1) is 6.61 Å². The number of aliphatic hydroxyl groups is 1. The molecule has 0 bridgehead atoms. The van der Waals surface area contributed by atoms with E-state index in [1.54, 1.807) is 0 Å². The van der Waals surface area contributed by atoms with Gasteiger partial charge < -0.3 is 15.0 Å². The van der Waals surface area contributed by atoms with Crippen molar-refractivity contribution in [3.8, 4) is 0 Å². The van der Waals surface area contributed by atoms with Crippen molar-refractivity contribution < 1.29 is 74.1 Å². The predicted octanol–water partition coefficient (Wildman–Crippen LogP) is -5.75. The number of carbonyl (C=O) groups is 1. The summed E-state index contributed by atoms with van der Waals surface area (Å²) < 4.78 is 0. The molecule has 0 aliphatic carbocycles.